The Kier molecular flexibility index (Phi) is 7.16. The SMILES string of the molecule is CCOc1ccc(NC(=O)CCC(=O)NN=Cc2sccc2C)cc1. The molecular weight excluding hydrogens is 338 g/mol. The van der Waals surface area contributed by atoms with Gasteiger partial charge in [-0.15, -0.1) is 11.3 Å². The van der Waals surface area contributed by atoms with Crippen molar-refractivity contribution in [3.05, 3.63) is 46.2 Å². The minimum absolute atomic E-state index is 0.0730. The lowest BCUT2D eigenvalue weighted by Crippen LogP contribution is -2.20. The van der Waals surface area contributed by atoms with Crippen LogP contribution in [0.25, 0.3) is 0 Å². The van der Waals surface area contributed by atoms with Crippen molar-refractivity contribution in [3.8, 4) is 5.75 Å². The van der Waals surface area contributed by atoms with Crippen LogP contribution in [0.1, 0.15) is 30.2 Å². The molecule has 1 heterocycles. The van der Waals surface area contributed by atoms with E-state index in [0.29, 0.717) is 12.3 Å². The van der Waals surface area contributed by atoms with Crippen LogP contribution in [0.3, 0.4) is 0 Å². The largest absolute Gasteiger partial charge is 0.494 e. The van der Waals surface area contributed by atoms with E-state index in [4.69, 9.17) is 4.74 Å². The molecule has 6 nitrogen and oxygen atoms in total. The number of rotatable bonds is 8. The average molecular weight is 359 g/mol. The van der Waals surface area contributed by atoms with E-state index in [1.54, 1.807) is 41.8 Å². The van der Waals surface area contributed by atoms with Crippen LogP contribution >= 0.6 is 11.3 Å². The number of hydrogen-bond acceptors (Lipinski definition) is 5. The normalized spacial score (nSPS) is 10.6. The monoisotopic (exact) mass is 359 g/mol. The highest BCUT2D eigenvalue weighted by Crippen LogP contribution is 2.16. The Bertz CT molecular complexity index is 738. The smallest absolute Gasteiger partial charge is 0.240 e. The molecule has 0 bridgehead atoms. The fraction of sp³-hybridized carbons (Fsp3) is 0.278. The van der Waals surface area contributed by atoms with E-state index in [1.807, 2.05) is 25.3 Å². The number of anilines is 1. The molecule has 0 unspecified atom stereocenters. The van der Waals surface area contributed by atoms with Gasteiger partial charge in [0.25, 0.3) is 0 Å². The summed E-state index contributed by atoms with van der Waals surface area (Å²) in [5.41, 5.74) is 4.21. The van der Waals surface area contributed by atoms with Gasteiger partial charge in [0.1, 0.15) is 5.75 Å². The summed E-state index contributed by atoms with van der Waals surface area (Å²) in [6, 6.07) is 9.08. The second-order valence-electron chi connectivity index (χ2n) is 5.27. The number of carbonyl (C=O) groups is 2. The average Bonchev–Trinajstić information content (AvgIpc) is 3.00. The van der Waals surface area contributed by atoms with Gasteiger partial charge in [0.15, 0.2) is 0 Å². The van der Waals surface area contributed by atoms with E-state index in [-0.39, 0.29) is 24.7 Å². The number of aryl methyl sites for hydroxylation is 1. The van der Waals surface area contributed by atoms with Crippen LogP contribution in [0.15, 0.2) is 40.8 Å². The van der Waals surface area contributed by atoms with Crippen molar-refractivity contribution in [2.24, 2.45) is 5.10 Å². The maximum atomic E-state index is 11.9. The maximum absolute atomic E-state index is 11.9. The van der Waals surface area contributed by atoms with Gasteiger partial charge in [0.05, 0.1) is 12.8 Å². The molecule has 7 heteroatoms. The molecule has 0 aliphatic rings. The molecule has 132 valence electrons. The predicted octanol–water partition coefficient (Wildman–Crippen LogP) is 3.32. The summed E-state index contributed by atoms with van der Waals surface area (Å²) in [5, 5.41) is 8.61. The molecule has 0 atom stereocenters. The Morgan fingerprint density at radius 2 is 1.88 bits per heavy atom. The van der Waals surface area contributed by atoms with Crippen LogP contribution in [0, 0.1) is 6.92 Å². The number of nitrogens with one attached hydrogen (secondary N) is 2. The summed E-state index contributed by atoms with van der Waals surface area (Å²) < 4.78 is 5.34. The topological polar surface area (TPSA) is 79.8 Å². The number of nitrogens with zero attached hydrogens (tertiary/aromatic N) is 1. The van der Waals surface area contributed by atoms with Crippen LogP contribution < -0.4 is 15.5 Å². The molecule has 0 aliphatic carbocycles. The molecule has 0 saturated carbocycles. The molecule has 1 aromatic heterocycles. The molecule has 2 rings (SSSR count). The van der Waals surface area contributed by atoms with Crippen LogP contribution in [0.4, 0.5) is 5.69 Å². The number of hydrogen-bond donors (Lipinski definition) is 2. The lowest BCUT2D eigenvalue weighted by molar-refractivity contribution is -0.124. The maximum Gasteiger partial charge on any atom is 0.240 e. The van der Waals surface area contributed by atoms with Crippen molar-refractivity contribution in [1.82, 2.24) is 5.43 Å². The highest BCUT2D eigenvalue weighted by Gasteiger charge is 2.07. The zero-order valence-electron chi connectivity index (χ0n) is 14.2. The first-order chi connectivity index (χ1) is 12.1. The molecule has 2 amide bonds. The summed E-state index contributed by atoms with van der Waals surface area (Å²) >= 11 is 1.55. The molecule has 25 heavy (non-hydrogen) atoms. The van der Waals surface area contributed by atoms with E-state index >= 15 is 0 Å². The number of carbonyl (C=O) groups excluding carboxylic acids is 2. The summed E-state index contributed by atoms with van der Waals surface area (Å²) in [7, 11) is 0. The molecule has 1 aromatic carbocycles. The Labute approximate surface area is 150 Å². The molecule has 0 aliphatic heterocycles. The lowest BCUT2D eigenvalue weighted by atomic mass is 10.2. The Balaban J connectivity index is 1.71. The standard InChI is InChI=1S/C18H21N3O3S/c1-3-24-15-6-4-14(5-7-15)20-17(22)8-9-18(23)21-19-12-16-13(2)10-11-25-16/h4-7,10-12H,3,8-9H2,1-2H3,(H,20,22)(H,21,23). The Morgan fingerprint density at radius 3 is 2.52 bits per heavy atom. The predicted molar refractivity (Wildman–Crippen MR) is 100 cm³/mol. The third kappa shape index (κ3) is 6.39. The van der Waals surface area contributed by atoms with Crippen LogP contribution in [-0.4, -0.2) is 24.6 Å². The van der Waals surface area contributed by atoms with E-state index in [9.17, 15) is 9.59 Å². The first-order valence-electron chi connectivity index (χ1n) is 7.97. The fourth-order valence-electron chi connectivity index (χ4n) is 1.99. The zero-order valence-corrected chi connectivity index (χ0v) is 15.1. The number of hydrazone groups is 1. The highest BCUT2D eigenvalue weighted by molar-refractivity contribution is 7.11. The molecule has 0 fully saturated rings. The molecule has 0 radical (unpaired) electrons. The highest BCUT2D eigenvalue weighted by atomic mass is 32.1. The first-order valence-corrected chi connectivity index (χ1v) is 8.85. The van der Waals surface area contributed by atoms with E-state index in [1.165, 1.54) is 0 Å². The number of amides is 2. The summed E-state index contributed by atoms with van der Waals surface area (Å²) in [6.45, 7) is 4.48. The van der Waals surface area contributed by atoms with Gasteiger partial charge in [0.2, 0.25) is 11.8 Å². The number of thiophene rings is 1. The van der Waals surface area contributed by atoms with Crippen LogP contribution in [0.5, 0.6) is 5.75 Å². The van der Waals surface area contributed by atoms with Gasteiger partial charge in [-0.3, -0.25) is 9.59 Å². The fourth-order valence-corrected chi connectivity index (χ4v) is 2.77. The van der Waals surface area contributed by atoms with Gasteiger partial charge in [-0.25, -0.2) is 5.43 Å². The number of ether oxygens (including phenoxy) is 1. The number of benzene rings is 1. The molecule has 0 saturated heterocycles. The van der Waals surface area contributed by atoms with Crippen LogP contribution in [-0.2, 0) is 9.59 Å². The summed E-state index contributed by atoms with van der Waals surface area (Å²) in [5.74, 6) is 0.225. The van der Waals surface area contributed by atoms with Gasteiger partial charge in [-0.1, -0.05) is 0 Å². The zero-order chi connectivity index (χ0) is 18.1. The molecule has 2 aromatic rings. The van der Waals surface area contributed by atoms with Gasteiger partial charge < -0.3 is 10.1 Å². The molecule has 2 N–H and O–H groups in total. The van der Waals surface area contributed by atoms with Crippen molar-refractivity contribution in [2.75, 3.05) is 11.9 Å². The Hall–Kier alpha value is -2.67. The van der Waals surface area contributed by atoms with Crippen molar-refractivity contribution in [2.45, 2.75) is 26.7 Å². The molecule has 0 spiro atoms. The minimum Gasteiger partial charge on any atom is -0.494 e. The van der Waals surface area contributed by atoms with Crippen LogP contribution in [0.2, 0.25) is 0 Å². The first kappa shape index (κ1) is 18.7. The van der Waals surface area contributed by atoms with Gasteiger partial charge >= 0.3 is 0 Å². The van der Waals surface area contributed by atoms with Crippen molar-refractivity contribution >= 4 is 35.1 Å². The second-order valence-corrected chi connectivity index (χ2v) is 6.21. The Morgan fingerprint density at radius 1 is 1.16 bits per heavy atom. The van der Waals surface area contributed by atoms with Gasteiger partial charge in [0, 0.05) is 23.4 Å². The van der Waals surface area contributed by atoms with E-state index in [2.05, 4.69) is 15.8 Å². The quantitative estimate of drug-likeness (QED) is 0.560. The summed E-state index contributed by atoms with van der Waals surface area (Å²) in [4.78, 5) is 24.6. The minimum atomic E-state index is -0.299. The van der Waals surface area contributed by atoms with Gasteiger partial charge in [-0.2, -0.15) is 5.10 Å². The van der Waals surface area contributed by atoms with Crippen molar-refractivity contribution < 1.29 is 14.3 Å². The molecular formula is C18H21N3O3S. The van der Waals surface area contributed by atoms with Crippen molar-refractivity contribution in [3.63, 3.8) is 0 Å². The van der Waals surface area contributed by atoms with Crippen molar-refractivity contribution in [1.29, 1.82) is 0 Å². The third-order valence-electron chi connectivity index (χ3n) is 3.30. The van der Waals surface area contributed by atoms with E-state index in [0.717, 1.165) is 16.2 Å². The summed E-state index contributed by atoms with van der Waals surface area (Å²) in [6.07, 6.45) is 1.77. The lowest BCUT2D eigenvalue weighted by Gasteiger charge is -2.07. The second kappa shape index (κ2) is 9.58. The third-order valence-corrected chi connectivity index (χ3v) is 4.25. The van der Waals surface area contributed by atoms with E-state index < -0.39 is 0 Å². The van der Waals surface area contributed by atoms with Gasteiger partial charge in [-0.05, 0) is 55.1 Å².